The molecule has 6 heteroatoms. The highest BCUT2D eigenvalue weighted by atomic mass is 19.1. The van der Waals surface area contributed by atoms with Gasteiger partial charge in [-0.3, -0.25) is 0 Å². The minimum atomic E-state index is -0.333. The van der Waals surface area contributed by atoms with Gasteiger partial charge in [-0.05, 0) is 55.9 Å². The Morgan fingerprint density at radius 1 is 1.10 bits per heavy atom. The molecule has 0 unspecified atom stereocenters. The van der Waals surface area contributed by atoms with Crippen molar-refractivity contribution in [1.82, 2.24) is 14.7 Å². The first kappa shape index (κ1) is 19.0. The SMILES string of the molecule is Cc1noc(C)c1-c1cc(F)c2ncn([C@H](c3ccccc3)C3CCOCC3)c2c1. The van der Waals surface area contributed by atoms with E-state index in [9.17, 15) is 0 Å². The first-order valence-corrected chi connectivity index (χ1v) is 10.4. The second kappa shape index (κ2) is 7.69. The molecule has 0 bridgehead atoms. The number of aryl methyl sites for hydroxylation is 2. The lowest BCUT2D eigenvalue weighted by Gasteiger charge is -2.32. The normalized spacial score (nSPS) is 16.2. The zero-order valence-electron chi connectivity index (χ0n) is 17.1. The van der Waals surface area contributed by atoms with Gasteiger partial charge in [0.2, 0.25) is 0 Å². The molecule has 30 heavy (non-hydrogen) atoms. The quantitative estimate of drug-likeness (QED) is 0.452. The number of ether oxygens (including phenoxy) is 1. The number of hydrogen-bond acceptors (Lipinski definition) is 4. The van der Waals surface area contributed by atoms with Gasteiger partial charge < -0.3 is 13.8 Å². The minimum absolute atomic E-state index is 0.0689. The molecule has 0 radical (unpaired) electrons. The Balaban J connectivity index is 1.70. The Hall–Kier alpha value is -2.99. The highest BCUT2D eigenvalue weighted by Gasteiger charge is 2.29. The maximum atomic E-state index is 15.1. The van der Waals surface area contributed by atoms with Crippen LogP contribution in [0.15, 0.2) is 53.3 Å². The summed E-state index contributed by atoms with van der Waals surface area (Å²) in [4.78, 5) is 4.44. The Kier molecular flexibility index (Phi) is 4.87. The van der Waals surface area contributed by atoms with Crippen LogP contribution in [-0.2, 0) is 4.74 Å². The second-order valence-electron chi connectivity index (χ2n) is 7.98. The van der Waals surface area contributed by atoms with Crippen LogP contribution >= 0.6 is 0 Å². The van der Waals surface area contributed by atoms with Crippen LogP contribution in [-0.4, -0.2) is 27.9 Å². The number of aromatic nitrogens is 3. The summed E-state index contributed by atoms with van der Waals surface area (Å²) in [7, 11) is 0. The average Bonchev–Trinajstić information content (AvgIpc) is 3.33. The van der Waals surface area contributed by atoms with Crippen molar-refractivity contribution in [2.45, 2.75) is 32.7 Å². The van der Waals surface area contributed by atoms with Gasteiger partial charge in [0.25, 0.3) is 0 Å². The van der Waals surface area contributed by atoms with Crippen LogP contribution < -0.4 is 0 Å². The van der Waals surface area contributed by atoms with Crippen LogP contribution in [0.25, 0.3) is 22.2 Å². The molecular weight excluding hydrogens is 381 g/mol. The van der Waals surface area contributed by atoms with E-state index >= 15 is 4.39 Å². The van der Waals surface area contributed by atoms with E-state index in [1.165, 1.54) is 11.6 Å². The molecule has 2 aromatic heterocycles. The molecule has 154 valence electrons. The monoisotopic (exact) mass is 405 g/mol. The van der Waals surface area contributed by atoms with Gasteiger partial charge in [-0.15, -0.1) is 0 Å². The molecule has 1 atom stereocenters. The van der Waals surface area contributed by atoms with Crippen molar-refractivity contribution in [2.75, 3.05) is 13.2 Å². The maximum absolute atomic E-state index is 15.1. The van der Waals surface area contributed by atoms with Crippen LogP contribution in [0.3, 0.4) is 0 Å². The van der Waals surface area contributed by atoms with Gasteiger partial charge in [0.05, 0.1) is 23.6 Å². The molecule has 1 aliphatic rings. The zero-order valence-corrected chi connectivity index (χ0v) is 17.1. The maximum Gasteiger partial charge on any atom is 0.151 e. The van der Waals surface area contributed by atoms with Gasteiger partial charge in [0.15, 0.2) is 5.82 Å². The number of halogens is 1. The van der Waals surface area contributed by atoms with E-state index in [1.54, 1.807) is 6.33 Å². The largest absolute Gasteiger partial charge is 0.381 e. The lowest BCUT2D eigenvalue weighted by Crippen LogP contribution is -2.26. The van der Waals surface area contributed by atoms with Crippen molar-refractivity contribution >= 4 is 11.0 Å². The third kappa shape index (κ3) is 3.21. The summed E-state index contributed by atoms with van der Waals surface area (Å²) in [5.41, 5.74) is 4.72. The molecule has 0 N–H and O–H groups in total. The fourth-order valence-electron chi connectivity index (χ4n) is 4.69. The molecule has 1 aliphatic heterocycles. The fraction of sp³-hybridized carbons (Fsp3) is 0.333. The van der Waals surface area contributed by atoms with Crippen LogP contribution in [0.4, 0.5) is 4.39 Å². The number of rotatable bonds is 4. The number of imidazole rings is 1. The summed E-state index contributed by atoms with van der Waals surface area (Å²) in [5.74, 6) is 0.741. The van der Waals surface area contributed by atoms with Crippen LogP contribution in [0.5, 0.6) is 0 Å². The van der Waals surface area contributed by atoms with Gasteiger partial charge in [0.1, 0.15) is 11.3 Å². The highest BCUT2D eigenvalue weighted by Crippen LogP contribution is 2.38. The van der Waals surface area contributed by atoms with Crippen molar-refractivity contribution in [3.05, 3.63) is 71.6 Å². The van der Waals surface area contributed by atoms with Crippen LogP contribution in [0.2, 0.25) is 0 Å². The van der Waals surface area contributed by atoms with E-state index < -0.39 is 0 Å². The van der Waals surface area contributed by atoms with E-state index in [-0.39, 0.29) is 11.9 Å². The van der Waals surface area contributed by atoms with E-state index in [2.05, 4.69) is 39.0 Å². The molecule has 0 saturated carbocycles. The summed E-state index contributed by atoms with van der Waals surface area (Å²) in [5, 5.41) is 4.03. The van der Waals surface area contributed by atoms with Crippen molar-refractivity contribution in [3.8, 4) is 11.1 Å². The third-order valence-corrected chi connectivity index (χ3v) is 6.11. The second-order valence-corrected chi connectivity index (χ2v) is 7.98. The van der Waals surface area contributed by atoms with Crippen molar-refractivity contribution < 1.29 is 13.7 Å². The Bertz CT molecular complexity index is 1160. The summed E-state index contributed by atoms with van der Waals surface area (Å²) >= 11 is 0. The molecule has 5 rings (SSSR count). The first-order valence-electron chi connectivity index (χ1n) is 10.4. The first-order chi connectivity index (χ1) is 14.6. The molecule has 2 aromatic carbocycles. The van der Waals surface area contributed by atoms with Crippen molar-refractivity contribution in [3.63, 3.8) is 0 Å². The molecule has 0 spiro atoms. The molecule has 1 saturated heterocycles. The minimum Gasteiger partial charge on any atom is -0.381 e. The summed E-state index contributed by atoms with van der Waals surface area (Å²) in [6, 6.07) is 14.0. The average molecular weight is 405 g/mol. The van der Waals surface area contributed by atoms with E-state index in [4.69, 9.17) is 9.26 Å². The lowest BCUT2D eigenvalue weighted by molar-refractivity contribution is 0.0547. The fourth-order valence-corrected chi connectivity index (χ4v) is 4.69. The lowest BCUT2D eigenvalue weighted by atomic mass is 9.86. The molecule has 0 aliphatic carbocycles. The molecule has 5 nitrogen and oxygen atoms in total. The van der Waals surface area contributed by atoms with E-state index in [0.29, 0.717) is 17.2 Å². The topological polar surface area (TPSA) is 53.1 Å². The number of benzene rings is 2. The number of nitrogens with zero attached hydrogens (tertiary/aromatic N) is 3. The molecule has 4 aromatic rings. The number of fused-ring (bicyclic) bond motifs is 1. The smallest absolute Gasteiger partial charge is 0.151 e. The zero-order chi connectivity index (χ0) is 20.7. The van der Waals surface area contributed by atoms with Crippen LogP contribution in [0, 0.1) is 25.6 Å². The summed E-state index contributed by atoms with van der Waals surface area (Å²) in [6.45, 7) is 5.22. The molecule has 1 fully saturated rings. The molecule has 3 heterocycles. The van der Waals surface area contributed by atoms with Gasteiger partial charge in [-0.1, -0.05) is 35.5 Å². The van der Waals surface area contributed by atoms with Crippen molar-refractivity contribution in [2.24, 2.45) is 5.92 Å². The van der Waals surface area contributed by atoms with Crippen LogP contribution in [0.1, 0.15) is 35.9 Å². The molecular formula is C24H24FN3O2. The van der Waals surface area contributed by atoms with E-state index in [0.717, 1.165) is 48.4 Å². The molecule has 0 amide bonds. The predicted octanol–water partition coefficient (Wildman–Crippen LogP) is 5.46. The summed E-state index contributed by atoms with van der Waals surface area (Å²) in [6.07, 6.45) is 3.70. The number of hydrogen-bond donors (Lipinski definition) is 0. The van der Waals surface area contributed by atoms with Gasteiger partial charge in [0, 0.05) is 18.8 Å². The Morgan fingerprint density at radius 3 is 2.57 bits per heavy atom. The summed E-state index contributed by atoms with van der Waals surface area (Å²) < 4.78 is 28.1. The van der Waals surface area contributed by atoms with E-state index in [1.807, 2.05) is 26.0 Å². The van der Waals surface area contributed by atoms with Gasteiger partial charge in [-0.2, -0.15) is 0 Å². The van der Waals surface area contributed by atoms with Crippen molar-refractivity contribution in [1.29, 1.82) is 0 Å². The third-order valence-electron chi connectivity index (χ3n) is 6.11. The highest BCUT2D eigenvalue weighted by molar-refractivity contribution is 5.84. The van der Waals surface area contributed by atoms with Gasteiger partial charge >= 0.3 is 0 Å². The Labute approximate surface area is 174 Å². The predicted molar refractivity (Wildman–Crippen MR) is 113 cm³/mol. The van der Waals surface area contributed by atoms with Gasteiger partial charge in [-0.25, -0.2) is 9.37 Å². The Morgan fingerprint density at radius 2 is 1.87 bits per heavy atom. The standard InChI is InChI=1S/C24H24FN3O2/c1-15-22(16(2)30-27-15)19-12-20(25)23-21(13-19)28(14-26-23)24(17-6-4-3-5-7-17)18-8-10-29-11-9-18/h3-7,12-14,18,24H,8-11H2,1-2H3/t24-/m1/s1.